The molecule has 3 aromatic heterocycles. The lowest BCUT2D eigenvalue weighted by Gasteiger charge is -2.34. The van der Waals surface area contributed by atoms with Gasteiger partial charge in [0, 0.05) is 37.3 Å². The van der Waals surface area contributed by atoms with Crippen LogP contribution in [0.1, 0.15) is 20.1 Å². The number of thiophene rings is 1. The molecule has 1 aliphatic heterocycles. The van der Waals surface area contributed by atoms with Crippen LogP contribution < -0.4 is 4.90 Å². The summed E-state index contributed by atoms with van der Waals surface area (Å²) < 4.78 is 40.3. The van der Waals surface area contributed by atoms with Crippen molar-refractivity contribution in [2.75, 3.05) is 31.1 Å². The van der Waals surface area contributed by atoms with E-state index in [2.05, 4.69) is 10.2 Å². The predicted molar refractivity (Wildman–Crippen MR) is 95.2 cm³/mol. The van der Waals surface area contributed by atoms with Gasteiger partial charge in [0.15, 0.2) is 5.65 Å². The number of hydrogen-bond donors (Lipinski definition) is 0. The summed E-state index contributed by atoms with van der Waals surface area (Å²) in [5.74, 6) is 0.341. The minimum absolute atomic E-state index is 0.0155. The first-order valence-corrected chi connectivity index (χ1v) is 9.17. The van der Waals surface area contributed by atoms with E-state index in [1.807, 2.05) is 24.0 Å². The van der Waals surface area contributed by atoms with E-state index >= 15 is 0 Å². The van der Waals surface area contributed by atoms with Crippen molar-refractivity contribution in [2.24, 2.45) is 0 Å². The highest BCUT2D eigenvalue weighted by atomic mass is 32.1. The van der Waals surface area contributed by atoms with E-state index in [-0.39, 0.29) is 5.91 Å². The lowest BCUT2D eigenvalue weighted by atomic mass is 10.2. The smallest absolute Gasteiger partial charge is 0.337 e. The summed E-state index contributed by atoms with van der Waals surface area (Å²) >= 11 is 1.46. The van der Waals surface area contributed by atoms with Crippen LogP contribution in [0.4, 0.5) is 19.1 Å². The standard InChI is InChI=1S/C17H16F3N5OS/c1-11-2-4-13(27-11)15(26)23-6-8-24(9-7-23)16-22-21-14-5-3-12(10-25(14)16)17(18,19)20/h2-5,10H,6-9H2,1H3. The molecule has 0 unspecified atom stereocenters. The molecule has 0 spiro atoms. The Hall–Kier alpha value is -2.62. The van der Waals surface area contributed by atoms with E-state index in [0.29, 0.717) is 42.7 Å². The van der Waals surface area contributed by atoms with E-state index < -0.39 is 11.7 Å². The van der Waals surface area contributed by atoms with Gasteiger partial charge in [-0.1, -0.05) is 0 Å². The van der Waals surface area contributed by atoms with Crippen molar-refractivity contribution < 1.29 is 18.0 Å². The van der Waals surface area contributed by atoms with Crippen LogP contribution in [-0.2, 0) is 6.18 Å². The first-order valence-electron chi connectivity index (χ1n) is 8.35. The van der Waals surface area contributed by atoms with Crippen molar-refractivity contribution in [3.05, 3.63) is 45.8 Å². The quantitative estimate of drug-likeness (QED) is 0.669. The molecule has 0 aliphatic carbocycles. The van der Waals surface area contributed by atoms with Crippen LogP contribution in [0.2, 0.25) is 0 Å². The summed E-state index contributed by atoms with van der Waals surface area (Å²) in [6.45, 7) is 3.86. The molecule has 1 amide bonds. The number of aromatic nitrogens is 3. The van der Waals surface area contributed by atoms with Crippen LogP contribution in [-0.4, -0.2) is 51.6 Å². The molecule has 0 saturated carbocycles. The molecule has 0 atom stereocenters. The molecule has 4 heterocycles. The number of alkyl halides is 3. The van der Waals surface area contributed by atoms with Gasteiger partial charge in [-0.25, -0.2) is 0 Å². The molecular weight excluding hydrogens is 379 g/mol. The van der Waals surface area contributed by atoms with Gasteiger partial charge in [-0.05, 0) is 31.2 Å². The van der Waals surface area contributed by atoms with Gasteiger partial charge >= 0.3 is 6.18 Å². The lowest BCUT2D eigenvalue weighted by molar-refractivity contribution is -0.137. The maximum atomic E-state index is 13.0. The number of rotatable bonds is 2. The SMILES string of the molecule is Cc1ccc(C(=O)N2CCN(c3nnc4ccc(C(F)(F)F)cn34)CC2)s1. The van der Waals surface area contributed by atoms with Crippen LogP contribution in [0.3, 0.4) is 0 Å². The topological polar surface area (TPSA) is 53.7 Å². The summed E-state index contributed by atoms with van der Waals surface area (Å²) in [5, 5.41) is 7.99. The van der Waals surface area contributed by atoms with Gasteiger partial charge in [0.05, 0.1) is 10.4 Å². The number of aryl methyl sites for hydroxylation is 1. The fraction of sp³-hybridized carbons (Fsp3) is 0.353. The highest BCUT2D eigenvalue weighted by Gasteiger charge is 2.32. The number of carbonyl (C=O) groups is 1. The number of pyridine rings is 1. The van der Waals surface area contributed by atoms with E-state index in [1.54, 1.807) is 4.90 Å². The molecule has 142 valence electrons. The zero-order valence-electron chi connectivity index (χ0n) is 14.4. The minimum atomic E-state index is -4.43. The van der Waals surface area contributed by atoms with Crippen molar-refractivity contribution in [1.29, 1.82) is 0 Å². The maximum Gasteiger partial charge on any atom is 0.417 e. The highest BCUT2D eigenvalue weighted by molar-refractivity contribution is 7.13. The van der Waals surface area contributed by atoms with Gasteiger partial charge in [-0.2, -0.15) is 13.2 Å². The summed E-state index contributed by atoms with van der Waals surface area (Å²) in [7, 11) is 0. The van der Waals surface area contributed by atoms with E-state index in [4.69, 9.17) is 0 Å². The average Bonchev–Trinajstić information content (AvgIpc) is 3.26. The third-order valence-electron chi connectivity index (χ3n) is 4.51. The Bertz CT molecular complexity index is 988. The number of amides is 1. The van der Waals surface area contributed by atoms with Crippen molar-refractivity contribution in [2.45, 2.75) is 13.1 Å². The Morgan fingerprint density at radius 1 is 1.07 bits per heavy atom. The van der Waals surface area contributed by atoms with Crippen LogP contribution in [0.15, 0.2) is 30.5 Å². The molecule has 27 heavy (non-hydrogen) atoms. The number of nitrogens with zero attached hydrogens (tertiary/aromatic N) is 5. The average molecular weight is 395 g/mol. The zero-order valence-corrected chi connectivity index (χ0v) is 15.2. The second kappa shape index (κ2) is 6.52. The molecule has 4 rings (SSSR count). The van der Waals surface area contributed by atoms with Crippen LogP contribution >= 0.6 is 11.3 Å². The molecular formula is C17H16F3N5OS. The fourth-order valence-corrected chi connectivity index (χ4v) is 3.91. The van der Waals surface area contributed by atoms with Crippen molar-refractivity contribution in [3.8, 4) is 0 Å². The van der Waals surface area contributed by atoms with E-state index in [0.717, 1.165) is 17.1 Å². The summed E-state index contributed by atoms with van der Waals surface area (Å²) in [4.78, 5) is 17.9. The van der Waals surface area contributed by atoms with E-state index in [1.165, 1.54) is 21.8 Å². The largest absolute Gasteiger partial charge is 0.417 e. The van der Waals surface area contributed by atoms with Crippen LogP contribution in [0.25, 0.3) is 5.65 Å². The van der Waals surface area contributed by atoms with Crippen LogP contribution in [0, 0.1) is 6.92 Å². The number of hydrogen-bond acceptors (Lipinski definition) is 5. The Kier molecular flexibility index (Phi) is 4.29. The fourth-order valence-electron chi connectivity index (χ4n) is 3.08. The van der Waals surface area contributed by atoms with Crippen molar-refractivity contribution in [3.63, 3.8) is 0 Å². The molecule has 0 bridgehead atoms. The Morgan fingerprint density at radius 3 is 2.44 bits per heavy atom. The molecule has 0 N–H and O–H groups in total. The second-order valence-electron chi connectivity index (χ2n) is 6.33. The van der Waals surface area contributed by atoms with Crippen LogP contribution in [0.5, 0.6) is 0 Å². The molecule has 1 fully saturated rings. The number of anilines is 1. The monoisotopic (exact) mass is 395 g/mol. The summed E-state index contributed by atoms with van der Waals surface area (Å²) in [6, 6.07) is 6.03. The minimum Gasteiger partial charge on any atom is -0.337 e. The number of carbonyl (C=O) groups excluding carboxylic acids is 1. The van der Waals surface area contributed by atoms with Gasteiger partial charge < -0.3 is 9.80 Å². The third kappa shape index (κ3) is 3.36. The second-order valence-corrected chi connectivity index (χ2v) is 7.62. The van der Waals surface area contributed by atoms with Gasteiger partial charge in [-0.15, -0.1) is 21.5 Å². The van der Waals surface area contributed by atoms with Gasteiger partial charge in [0.25, 0.3) is 5.91 Å². The van der Waals surface area contributed by atoms with E-state index in [9.17, 15) is 18.0 Å². The summed E-state index contributed by atoms with van der Waals surface area (Å²) in [5.41, 5.74) is -0.400. The third-order valence-corrected chi connectivity index (χ3v) is 5.50. The Morgan fingerprint density at radius 2 is 1.81 bits per heavy atom. The van der Waals surface area contributed by atoms with Gasteiger partial charge in [-0.3, -0.25) is 9.20 Å². The Balaban J connectivity index is 1.52. The molecule has 1 saturated heterocycles. The molecule has 3 aromatic rings. The van der Waals surface area contributed by atoms with Gasteiger partial charge in [0.2, 0.25) is 5.95 Å². The van der Waals surface area contributed by atoms with Gasteiger partial charge in [0.1, 0.15) is 0 Å². The molecule has 0 aromatic carbocycles. The first-order chi connectivity index (χ1) is 12.8. The number of piperazine rings is 1. The highest BCUT2D eigenvalue weighted by Crippen LogP contribution is 2.30. The number of halogens is 3. The lowest BCUT2D eigenvalue weighted by Crippen LogP contribution is -2.49. The Labute approximate surface area is 156 Å². The zero-order chi connectivity index (χ0) is 19.2. The van der Waals surface area contributed by atoms with Crippen molar-refractivity contribution >= 4 is 28.8 Å². The number of fused-ring (bicyclic) bond motifs is 1. The molecule has 6 nitrogen and oxygen atoms in total. The maximum absolute atomic E-state index is 13.0. The molecule has 1 aliphatic rings. The normalized spacial score (nSPS) is 15.6. The molecule has 10 heteroatoms. The summed E-state index contributed by atoms with van der Waals surface area (Å²) in [6.07, 6.45) is -3.42. The van der Waals surface area contributed by atoms with Crippen molar-refractivity contribution in [1.82, 2.24) is 19.5 Å². The first kappa shape index (κ1) is 17.8. The molecule has 0 radical (unpaired) electrons. The predicted octanol–water partition coefficient (Wildman–Crippen LogP) is 3.08.